The number of carboxylic acids is 1. The van der Waals surface area contributed by atoms with Crippen molar-refractivity contribution < 1.29 is 9.90 Å². The number of hydrogen-bond acceptors (Lipinski definition) is 2. The number of rotatable bonds is 6. The predicted molar refractivity (Wildman–Crippen MR) is 82.1 cm³/mol. The van der Waals surface area contributed by atoms with Crippen molar-refractivity contribution in [3.63, 3.8) is 0 Å². The van der Waals surface area contributed by atoms with Crippen molar-refractivity contribution >= 4 is 5.97 Å². The Morgan fingerprint density at radius 1 is 1.10 bits per heavy atom. The molecule has 1 atom stereocenters. The van der Waals surface area contributed by atoms with E-state index in [0.29, 0.717) is 6.54 Å². The zero-order valence-corrected chi connectivity index (χ0v) is 11.8. The second-order valence-corrected chi connectivity index (χ2v) is 5.58. The largest absolute Gasteiger partial charge is 0.480 e. The first-order valence-corrected chi connectivity index (χ1v) is 7.34. The third kappa shape index (κ3) is 3.50. The number of hydrogen-bond donors (Lipinski definition) is 2. The number of carboxylic acid groups (broad SMARTS) is 1. The van der Waals surface area contributed by atoms with Crippen LogP contribution in [0.5, 0.6) is 0 Å². The van der Waals surface area contributed by atoms with Gasteiger partial charge in [0, 0.05) is 6.54 Å². The van der Waals surface area contributed by atoms with Crippen molar-refractivity contribution in [2.24, 2.45) is 0 Å². The van der Waals surface area contributed by atoms with E-state index in [1.807, 2.05) is 30.3 Å². The van der Waals surface area contributed by atoms with Crippen LogP contribution in [0.4, 0.5) is 0 Å². The fourth-order valence-corrected chi connectivity index (χ4v) is 2.54. The molecule has 0 spiro atoms. The van der Waals surface area contributed by atoms with Crippen molar-refractivity contribution in [1.82, 2.24) is 5.32 Å². The maximum atomic E-state index is 11.4. The quantitative estimate of drug-likeness (QED) is 0.852. The van der Waals surface area contributed by atoms with Gasteiger partial charge in [0.05, 0.1) is 0 Å². The van der Waals surface area contributed by atoms with E-state index in [1.165, 1.54) is 18.4 Å². The molecule has 2 aromatic rings. The van der Waals surface area contributed by atoms with Crippen LogP contribution in [-0.4, -0.2) is 11.1 Å². The molecule has 1 saturated carbocycles. The van der Waals surface area contributed by atoms with Gasteiger partial charge in [-0.15, -0.1) is 0 Å². The van der Waals surface area contributed by atoms with Gasteiger partial charge in [0.1, 0.15) is 6.04 Å². The van der Waals surface area contributed by atoms with E-state index in [2.05, 4.69) is 29.6 Å². The number of aliphatic carboxylic acids is 1. The van der Waals surface area contributed by atoms with Gasteiger partial charge in [-0.2, -0.15) is 0 Å². The number of benzene rings is 2. The second kappa shape index (κ2) is 6.10. The molecule has 0 amide bonds. The molecular weight excluding hydrogens is 262 g/mol. The molecule has 3 heteroatoms. The number of nitrogens with one attached hydrogen (secondary N) is 1. The molecule has 1 aliphatic rings. The Balaban J connectivity index is 1.65. The Morgan fingerprint density at radius 2 is 1.76 bits per heavy atom. The van der Waals surface area contributed by atoms with Gasteiger partial charge in [0.25, 0.3) is 0 Å². The van der Waals surface area contributed by atoms with Crippen molar-refractivity contribution in [2.45, 2.75) is 31.3 Å². The summed E-state index contributed by atoms with van der Waals surface area (Å²) < 4.78 is 0. The SMILES string of the molecule is O=C(O)C(NCc1ccc(C2CC2)cc1)c1ccccc1. The summed E-state index contributed by atoms with van der Waals surface area (Å²) in [7, 11) is 0. The van der Waals surface area contributed by atoms with E-state index in [9.17, 15) is 9.90 Å². The van der Waals surface area contributed by atoms with Gasteiger partial charge in [-0.25, -0.2) is 0 Å². The molecule has 0 heterocycles. The monoisotopic (exact) mass is 281 g/mol. The highest BCUT2D eigenvalue weighted by molar-refractivity contribution is 5.75. The van der Waals surface area contributed by atoms with Gasteiger partial charge >= 0.3 is 5.97 Å². The van der Waals surface area contributed by atoms with E-state index < -0.39 is 12.0 Å². The zero-order chi connectivity index (χ0) is 14.7. The van der Waals surface area contributed by atoms with Crippen LogP contribution in [0.1, 0.15) is 41.5 Å². The molecule has 0 aromatic heterocycles. The summed E-state index contributed by atoms with van der Waals surface area (Å²) in [6.07, 6.45) is 2.60. The summed E-state index contributed by atoms with van der Waals surface area (Å²) in [6.45, 7) is 0.552. The molecule has 1 aliphatic carbocycles. The lowest BCUT2D eigenvalue weighted by molar-refractivity contribution is -0.139. The van der Waals surface area contributed by atoms with Crippen LogP contribution in [0.2, 0.25) is 0 Å². The lowest BCUT2D eigenvalue weighted by atomic mass is 10.1. The van der Waals surface area contributed by atoms with Crippen LogP contribution < -0.4 is 5.32 Å². The lowest BCUT2D eigenvalue weighted by Crippen LogP contribution is -2.28. The van der Waals surface area contributed by atoms with Gasteiger partial charge in [0.15, 0.2) is 0 Å². The maximum absolute atomic E-state index is 11.4. The topological polar surface area (TPSA) is 49.3 Å². The Labute approximate surface area is 124 Å². The molecule has 0 aliphatic heterocycles. The molecule has 1 unspecified atom stereocenters. The van der Waals surface area contributed by atoms with E-state index >= 15 is 0 Å². The molecule has 0 bridgehead atoms. The molecule has 3 nitrogen and oxygen atoms in total. The van der Waals surface area contributed by atoms with Crippen molar-refractivity contribution in [3.05, 3.63) is 71.3 Å². The summed E-state index contributed by atoms with van der Waals surface area (Å²) in [5.41, 5.74) is 3.29. The van der Waals surface area contributed by atoms with Gasteiger partial charge in [-0.3, -0.25) is 10.1 Å². The average Bonchev–Trinajstić information content (AvgIpc) is 3.34. The minimum atomic E-state index is -0.851. The first kappa shape index (κ1) is 13.8. The molecule has 108 valence electrons. The van der Waals surface area contributed by atoms with Crippen LogP contribution >= 0.6 is 0 Å². The normalized spacial score (nSPS) is 15.6. The van der Waals surface area contributed by atoms with Gasteiger partial charge in [-0.05, 0) is 35.4 Å². The minimum Gasteiger partial charge on any atom is -0.480 e. The van der Waals surface area contributed by atoms with Crippen LogP contribution in [0, 0.1) is 0 Å². The first-order valence-electron chi connectivity index (χ1n) is 7.34. The zero-order valence-electron chi connectivity index (χ0n) is 11.8. The molecule has 2 aromatic carbocycles. The van der Waals surface area contributed by atoms with Crippen molar-refractivity contribution in [2.75, 3.05) is 0 Å². The molecule has 21 heavy (non-hydrogen) atoms. The summed E-state index contributed by atoms with van der Waals surface area (Å²) in [5, 5.41) is 12.5. The van der Waals surface area contributed by atoms with Crippen molar-refractivity contribution in [1.29, 1.82) is 0 Å². The molecular formula is C18H19NO2. The van der Waals surface area contributed by atoms with Gasteiger partial charge in [0.2, 0.25) is 0 Å². The smallest absolute Gasteiger partial charge is 0.325 e. The van der Waals surface area contributed by atoms with E-state index in [4.69, 9.17) is 0 Å². The molecule has 3 rings (SSSR count). The van der Waals surface area contributed by atoms with Crippen LogP contribution in [0.15, 0.2) is 54.6 Å². The summed E-state index contributed by atoms with van der Waals surface area (Å²) >= 11 is 0. The Bertz CT molecular complexity index is 603. The van der Waals surface area contributed by atoms with E-state index in [-0.39, 0.29) is 0 Å². The van der Waals surface area contributed by atoms with Crippen LogP contribution in [-0.2, 0) is 11.3 Å². The van der Waals surface area contributed by atoms with E-state index in [0.717, 1.165) is 17.0 Å². The average molecular weight is 281 g/mol. The summed E-state index contributed by atoms with van der Waals surface area (Å²) in [5.74, 6) is -0.0982. The Hall–Kier alpha value is -2.13. The molecule has 1 fully saturated rings. The van der Waals surface area contributed by atoms with Crippen molar-refractivity contribution in [3.8, 4) is 0 Å². The molecule has 2 N–H and O–H groups in total. The first-order chi connectivity index (χ1) is 10.2. The lowest BCUT2D eigenvalue weighted by Gasteiger charge is -2.15. The summed E-state index contributed by atoms with van der Waals surface area (Å²) in [6, 6.07) is 17.1. The highest BCUT2D eigenvalue weighted by atomic mass is 16.4. The number of carbonyl (C=O) groups is 1. The van der Waals surface area contributed by atoms with Gasteiger partial charge < -0.3 is 5.11 Å². The Morgan fingerprint density at radius 3 is 2.33 bits per heavy atom. The van der Waals surface area contributed by atoms with Crippen LogP contribution in [0.3, 0.4) is 0 Å². The highest BCUT2D eigenvalue weighted by Crippen LogP contribution is 2.39. The molecule has 0 saturated heterocycles. The maximum Gasteiger partial charge on any atom is 0.325 e. The standard InChI is InChI=1S/C18H19NO2/c20-18(21)17(16-4-2-1-3-5-16)19-12-13-6-8-14(9-7-13)15-10-11-15/h1-9,15,17,19H,10-12H2,(H,20,21). The fraction of sp³-hybridized carbons (Fsp3) is 0.278. The third-order valence-corrected chi connectivity index (χ3v) is 3.92. The highest BCUT2D eigenvalue weighted by Gasteiger charge is 2.23. The molecule has 0 radical (unpaired) electrons. The van der Waals surface area contributed by atoms with Crippen LogP contribution in [0.25, 0.3) is 0 Å². The Kier molecular flexibility index (Phi) is 4.02. The third-order valence-electron chi connectivity index (χ3n) is 3.92. The fourth-order valence-electron chi connectivity index (χ4n) is 2.54. The predicted octanol–water partition coefficient (Wildman–Crippen LogP) is 3.48. The van der Waals surface area contributed by atoms with E-state index in [1.54, 1.807) is 0 Å². The second-order valence-electron chi connectivity index (χ2n) is 5.58. The minimum absolute atomic E-state index is 0.552. The van der Waals surface area contributed by atoms with Gasteiger partial charge in [-0.1, -0.05) is 54.6 Å². The summed E-state index contributed by atoms with van der Waals surface area (Å²) in [4.78, 5) is 11.4.